The van der Waals surface area contributed by atoms with Crippen LogP contribution < -0.4 is 14.0 Å². The second-order valence-corrected chi connectivity index (χ2v) is 11.2. The van der Waals surface area contributed by atoms with Crippen molar-refractivity contribution in [2.75, 3.05) is 14.2 Å². The van der Waals surface area contributed by atoms with Crippen LogP contribution in [0.3, 0.4) is 0 Å². The minimum atomic E-state index is 0.172. The number of fused-ring (bicyclic) bond motifs is 1. The minimum Gasteiger partial charge on any atom is -0.493 e. The van der Waals surface area contributed by atoms with Gasteiger partial charge in [0.1, 0.15) is 0 Å². The Labute approximate surface area is 219 Å². The second kappa shape index (κ2) is 13.7. The van der Waals surface area contributed by atoms with E-state index in [4.69, 9.17) is 9.47 Å². The fraction of sp³-hybridized carbons (Fsp3) is 0.545. The van der Waals surface area contributed by atoms with E-state index in [0.717, 1.165) is 24.5 Å². The lowest BCUT2D eigenvalue weighted by atomic mass is 9.87. The van der Waals surface area contributed by atoms with Gasteiger partial charge in [-0.1, -0.05) is 103 Å². The maximum atomic E-state index is 5.67. The summed E-state index contributed by atoms with van der Waals surface area (Å²) >= 11 is 0. The second-order valence-electron chi connectivity index (χ2n) is 11.2. The number of unbranched alkanes of at least 4 members (excludes halogenated alkanes) is 8. The molecule has 1 heterocycles. The standard InChI is InChI=1S/C33H48NO2/c1-7-8-9-10-11-12-13-14-15-16-30-29-24-32(36-6)31(35-5)23-27(29)21-22-34(30)25-26-17-19-28(20-18-26)33(2,3)4/h17-24H,7-16,25H2,1-6H3/q+1. The Kier molecular flexibility index (Phi) is 10.6. The minimum absolute atomic E-state index is 0.172. The molecule has 1 aromatic heterocycles. The van der Waals surface area contributed by atoms with Crippen molar-refractivity contribution in [1.29, 1.82) is 0 Å². The zero-order valence-corrected chi connectivity index (χ0v) is 23.7. The zero-order chi connectivity index (χ0) is 26.0. The van der Waals surface area contributed by atoms with Gasteiger partial charge in [0, 0.05) is 18.1 Å². The molecule has 0 unspecified atom stereocenters. The van der Waals surface area contributed by atoms with E-state index >= 15 is 0 Å². The predicted octanol–water partition coefficient (Wildman–Crippen LogP) is 8.56. The highest BCUT2D eigenvalue weighted by Gasteiger charge is 2.19. The Bertz CT molecular complexity index is 1080. The molecule has 0 N–H and O–H groups in total. The van der Waals surface area contributed by atoms with Gasteiger partial charge in [0.05, 0.1) is 19.6 Å². The average molecular weight is 491 g/mol. The summed E-state index contributed by atoms with van der Waals surface area (Å²) in [6.07, 6.45) is 15.4. The highest BCUT2D eigenvalue weighted by Crippen LogP contribution is 2.33. The van der Waals surface area contributed by atoms with Crippen molar-refractivity contribution >= 4 is 10.8 Å². The molecule has 0 aliphatic heterocycles. The molecule has 0 bridgehead atoms. The number of benzene rings is 2. The van der Waals surface area contributed by atoms with Crippen LogP contribution in [-0.4, -0.2) is 14.2 Å². The van der Waals surface area contributed by atoms with Crippen LogP contribution in [0.2, 0.25) is 0 Å². The molecule has 0 fully saturated rings. The van der Waals surface area contributed by atoms with E-state index in [0.29, 0.717) is 0 Å². The monoisotopic (exact) mass is 490 g/mol. The van der Waals surface area contributed by atoms with E-state index in [-0.39, 0.29) is 5.41 Å². The number of hydrogen-bond acceptors (Lipinski definition) is 2. The first-order chi connectivity index (χ1) is 17.4. The van der Waals surface area contributed by atoms with Crippen LogP contribution in [0.25, 0.3) is 10.8 Å². The van der Waals surface area contributed by atoms with E-state index in [1.807, 2.05) is 0 Å². The van der Waals surface area contributed by atoms with Crippen molar-refractivity contribution in [3.63, 3.8) is 0 Å². The maximum absolute atomic E-state index is 5.67. The normalized spacial score (nSPS) is 11.7. The third-order valence-electron chi connectivity index (χ3n) is 7.34. The molecular weight excluding hydrogens is 442 g/mol. The van der Waals surface area contributed by atoms with Crippen LogP contribution in [0, 0.1) is 0 Å². The summed E-state index contributed by atoms with van der Waals surface area (Å²) in [6, 6.07) is 15.6. The van der Waals surface area contributed by atoms with E-state index in [2.05, 4.69) is 80.9 Å². The molecular formula is C33H48NO2+. The third-order valence-corrected chi connectivity index (χ3v) is 7.34. The first-order valence-electron chi connectivity index (χ1n) is 14.0. The molecule has 36 heavy (non-hydrogen) atoms. The highest BCUT2D eigenvalue weighted by atomic mass is 16.5. The number of nitrogens with zero attached hydrogens (tertiary/aromatic N) is 1. The molecule has 3 aromatic rings. The van der Waals surface area contributed by atoms with Gasteiger partial charge >= 0.3 is 0 Å². The summed E-state index contributed by atoms with van der Waals surface area (Å²) < 4.78 is 13.7. The summed E-state index contributed by atoms with van der Waals surface area (Å²) in [7, 11) is 3.43. The Morgan fingerprint density at radius 2 is 1.31 bits per heavy atom. The van der Waals surface area contributed by atoms with Crippen molar-refractivity contribution in [2.45, 2.75) is 104 Å². The van der Waals surface area contributed by atoms with Crippen LogP contribution in [0.5, 0.6) is 11.5 Å². The summed E-state index contributed by atoms with van der Waals surface area (Å²) in [5, 5.41) is 2.47. The van der Waals surface area contributed by atoms with Crippen molar-refractivity contribution < 1.29 is 14.0 Å². The molecule has 0 amide bonds. The number of pyridine rings is 1. The molecule has 0 atom stereocenters. The first-order valence-corrected chi connectivity index (χ1v) is 14.0. The van der Waals surface area contributed by atoms with Gasteiger partial charge < -0.3 is 9.47 Å². The van der Waals surface area contributed by atoms with Crippen molar-refractivity contribution in [1.82, 2.24) is 0 Å². The van der Waals surface area contributed by atoms with Gasteiger partial charge in [0.2, 0.25) is 0 Å². The highest BCUT2D eigenvalue weighted by molar-refractivity contribution is 5.87. The molecule has 0 radical (unpaired) electrons. The Morgan fingerprint density at radius 1 is 0.722 bits per heavy atom. The largest absolute Gasteiger partial charge is 0.493 e. The van der Waals surface area contributed by atoms with E-state index < -0.39 is 0 Å². The summed E-state index contributed by atoms with van der Waals surface area (Å²) in [5.41, 5.74) is 4.27. The summed E-state index contributed by atoms with van der Waals surface area (Å²) in [5.74, 6) is 1.58. The van der Waals surface area contributed by atoms with Crippen molar-refractivity contribution in [2.24, 2.45) is 0 Å². The van der Waals surface area contributed by atoms with Crippen LogP contribution >= 0.6 is 0 Å². The number of ether oxygens (including phenoxy) is 2. The SMILES string of the molecule is CCCCCCCCCCCc1c2cc(OC)c(OC)cc2cc[n+]1Cc1ccc(C(C)(C)C)cc1. The van der Waals surface area contributed by atoms with Gasteiger partial charge in [-0.05, 0) is 34.9 Å². The lowest BCUT2D eigenvalue weighted by Crippen LogP contribution is -2.39. The van der Waals surface area contributed by atoms with Gasteiger partial charge in [-0.3, -0.25) is 0 Å². The van der Waals surface area contributed by atoms with Crippen LogP contribution in [0.1, 0.15) is 102 Å². The number of aryl methyl sites for hydroxylation is 1. The third kappa shape index (κ3) is 7.72. The molecule has 2 aromatic carbocycles. The van der Waals surface area contributed by atoms with E-state index in [1.165, 1.54) is 85.4 Å². The summed E-state index contributed by atoms with van der Waals surface area (Å²) in [4.78, 5) is 0. The van der Waals surface area contributed by atoms with E-state index in [9.17, 15) is 0 Å². The van der Waals surface area contributed by atoms with Gasteiger partial charge in [-0.25, -0.2) is 0 Å². The smallest absolute Gasteiger partial charge is 0.189 e. The molecule has 0 aliphatic carbocycles. The van der Waals surface area contributed by atoms with Gasteiger partial charge in [0.15, 0.2) is 29.9 Å². The Balaban J connectivity index is 1.79. The molecule has 0 saturated carbocycles. The van der Waals surface area contributed by atoms with Crippen LogP contribution in [0.4, 0.5) is 0 Å². The molecule has 0 aliphatic rings. The van der Waals surface area contributed by atoms with Crippen LogP contribution in [0.15, 0.2) is 48.7 Å². The van der Waals surface area contributed by atoms with Gasteiger partial charge in [-0.2, -0.15) is 4.57 Å². The topological polar surface area (TPSA) is 22.3 Å². The quantitative estimate of drug-likeness (QED) is 0.167. The lowest BCUT2D eigenvalue weighted by molar-refractivity contribution is -0.694. The number of hydrogen-bond donors (Lipinski definition) is 0. The zero-order valence-electron chi connectivity index (χ0n) is 23.7. The maximum Gasteiger partial charge on any atom is 0.189 e. The number of aromatic nitrogens is 1. The molecule has 3 heteroatoms. The number of methoxy groups -OCH3 is 2. The average Bonchev–Trinajstić information content (AvgIpc) is 2.87. The van der Waals surface area contributed by atoms with Crippen LogP contribution in [-0.2, 0) is 18.4 Å². The molecule has 3 rings (SSSR count). The van der Waals surface area contributed by atoms with Gasteiger partial charge in [0.25, 0.3) is 0 Å². The summed E-state index contributed by atoms with van der Waals surface area (Å²) in [6.45, 7) is 9.97. The Hall–Kier alpha value is -2.55. The fourth-order valence-corrected chi connectivity index (χ4v) is 5.03. The van der Waals surface area contributed by atoms with E-state index in [1.54, 1.807) is 14.2 Å². The molecule has 0 spiro atoms. The molecule has 3 nitrogen and oxygen atoms in total. The molecule has 0 saturated heterocycles. The van der Waals surface area contributed by atoms with Crippen molar-refractivity contribution in [3.8, 4) is 11.5 Å². The first kappa shape index (κ1) is 28.0. The Morgan fingerprint density at radius 3 is 1.89 bits per heavy atom. The predicted molar refractivity (Wildman–Crippen MR) is 152 cm³/mol. The lowest BCUT2D eigenvalue weighted by Gasteiger charge is -2.19. The fourth-order valence-electron chi connectivity index (χ4n) is 5.03. The van der Waals surface area contributed by atoms with Crippen molar-refractivity contribution in [3.05, 3.63) is 65.5 Å². The molecule has 196 valence electrons. The number of rotatable bonds is 14. The van der Waals surface area contributed by atoms with Gasteiger partial charge in [-0.15, -0.1) is 0 Å².